The minimum atomic E-state index is -3.35. The van der Waals surface area contributed by atoms with Crippen LogP contribution in [-0.2, 0) is 14.8 Å². The number of amides is 2. The first-order chi connectivity index (χ1) is 13.3. The number of nitrogens with one attached hydrogen (secondary N) is 2. The molecule has 0 aromatic heterocycles. The first-order valence-corrected chi connectivity index (χ1v) is 10.7. The predicted octanol–water partition coefficient (Wildman–Crippen LogP) is 0.917. The Labute approximate surface area is 165 Å². The van der Waals surface area contributed by atoms with Crippen molar-refractivity contribution in [3.8, 4) is 11.5 Å². The van der Waals surface area contributed by atoms with E-state index in [1.54, 1.807) is 19.1 Å². The van der Waals surface area contributed by atoms with E-state index in [0.717, 1.165) is 0 Å². The van der Waals surface area contributed by atoms with E-state index in [2.05, 4.69) is 10.9 Å². The molecule has 1 atom stereocenters. The van der Waals surface area contributed by atoms with Crippen molar-refractivity contribution in [3.63, 3.8) is 0 Å². The number of sulfonamides is 1. The standard InChI is InChI=1S/C18H27N3O6S/c1-4-10-28(24,25)21-9-5-6-14(12-21)18(23)20-19-17(22)13-7-8-15(26-2)16(11-13)27-3/h7-8,11,14H,4-6,9-10,12H2,1-3H3,(H,19,22)(H,20,23). The lowest BCUT2D eigenvalue weighted by Gasteiger charge is -2.31. The highest BCUT2D eigenvalue weighted by molar-refractivity contribution is 7.89. The van der Waals surface area contributed by atoms with Gasteiger partial charge in [-0.2, -0.15) is 0 Å². The van der Waals surface area contributed by atoms with E-state index in [1.807, 2.05) is 0 Å². The Morgan fingerprint density at radius 2 is 1.89 bits per heavy atom. The fraction of sp³-hybridized carbons (Fsp3) is 0.556. The number of ether oxygens (including phenoxy) is 2. The van der Waals surface area contributed by atoms with Crippen molar-refractivity contribution in [1.29, 1.82) is 0 Å². The number of hydrogen-bond donors (Lipinski definition) is 2. The molecule has 1 unspecified atom stereocenters. The summed E-state index contributed by atoms with van der Waals surface area (Å²) in [4.78, 5) is 24.7. The number of benzene rings is 1. The molecule has 156 valence electrons. The van der Waals surface area contributed by atoms with Gasteiger partial charge in [-0.1, -0.05) is 6.92 Å². The van der Waals surface area contributed by atoms with E-state index >= 15 is 0 Å². The van der Waals surface area contributed by atoms with E-state index in [4.69, 9.17) is 9.47 Å². The second-order valence-electron chi connectivity index (χ2n) is 6.53. The number of carbonyl (C=O) groups excluding carboxylic acids is 2. The molecule has 0 aliphatic carbocycles. The van der Waals surface area contributed by atoms with Crippen molar-refractivity contribution < 1.29 is 27.5 Å². The molecule has 0 radical (unpaired) electrons. The summed E-state index contributed by atoms with van der Waals surface area (Å²) in [6, 6.07) is 4.63. The zero-order valence-corrected chi connectivity index (χ0v) is 17.2. The second kappa shape index (κ2) is 9.74. The number of hydrazine groups is 1. The SMILES string of the molecule is CCCS(=O)(=O)N1CCCC(C(=O)NNC(=O)c2ccc(OC)c(OC)c2)C1. The smallest absolute Gasteiger partial charge is 0.269 e. The van der Waals surface area contributed by atoms with Crippen molar-refractivity contribution in [1.82, 2.24) is 15.2 Å². The Kier molecular flexibility index (Phi) is 7.64. The molecular formula is C18H27N3O6S. The normalized spacial score (nSPS) is 17.6. The number of carbonyl (C=O) groups is 2. The Bertz CT molecular complexity index is 812. The predicted molar refractivity (Wildman–Crippen MR) is 104 cm³/mol. The Hall–Kier alpha value is -2.33. The van der Waals surface area contributed by atoms with Crippen LogP contribution in [0.2, 0.25) is 0 Å². The monoisotopic (exact) mass is 413 g/mol. The summed E-state index contributed by atoms with van der Waals surface area (Å²) in [5.41, 5.74) is 5.04. The van der Waals surface area contributed by atoms with Crippen molar-refractivity contribution >= 4 is 21.8 Å². The van der Waals surface area contributed by atoms with E-state index in [1.165, 1.54) is 24.6 Å². The third-order valence-corrected chi connectivity index (χ3v) is 6.60. The van der Waals surface area contributed by atoms with Crippen LogP contribution < -0.4 is 20.3 Å². The molecule has 1 aromatic rings. The van der Waals surface area contributed by atoms with Gasteiger partial charge < -0.3 is 9.47 Å². The Balaban J connectivity index is 1.95. The van der Waals surface area contributed by atoms with Gasteiger partial charge in [-0.05, 0) is 37.5 Å². The van der Waals surface area contributed by atoms with Gasteiger partial charge in [0, 0.05) is 18.7 Å². The lowest BCUT2D eigenvalue weighted by atomic mass is 9.99. The zero-order chi connectivity index (χ0) is 20.7. The van der Waals surface area contributed by atoms with Crippen LogP contribution in [0.1, 0.15) is 36.5 Å². The Morgan fingerprint density at radius 3 is 2.54 bits per heavy atom. The maximum atomic E-state index is 12.4. The van der Waals surface area contributed by atoms with Crippen LogP contribution in [0, 0.1) is 5.92 Å². The molecule has 2 N–H and O–H groups in total. The molecule has 0 saturated carbocycles. The first kappa shape index (κ1) is 22.0. The van der Waals surface area contributed by atoms with Gasteiger partial charge >= 0.3 is 0 Å². The molecule has 1 heterocycles. The number of piperidine rings is 1. The lowest BCUT2D eigenvalue weighted by molar-refractivity contribution is -0.126. The van der Waals surface area contributed by atoms with Gasteiger partial charge in [0.2, 0.25) is 15.9 Å². The molecule has 2 rings (SSSR count). The molecule has 2 amide bonds. The average Bonchev–Trinajstić information content (AvgIpc) is 2.71. The molecule has 0 spiro atoms. The Morgan fingerprint density at radius 1 is 1.18 bits per heavy atom. The number of methoxy groups -OCH3 is 2. The van der Waals surface area contributed by atoms with Gasteiger partial charge in [0.25, 0.3) is 5.91 Å². The summed E-state index contributed by atoms with van der Waals surface area (Å²) in [7, 11) is -0.395. The van der Waals surface area contributed by atoms with Crippen LogP contribution in [0.4, 0.5) is 0 Å². The summed E-state index contributed by atoms with van der Waals surface area (Å²) in [5.74, 6) is -0.488. The number of nitrogens with zero attached hydrogens (tertiary/aromatic N) is 1. The molecule has 1 aromatic carbocycles. The van der Waals surface area contributed by atoms with Crippen LogP contribution in [0.3, 0.4) is 0 Å². The number of rotatable bonds is 7. The second-order valence-corrected chi connectivity index (χ2v) is 8.61. The summed E-state index contributed by atoms with van der Waals surface area (Å²) in [6.45, 7) is 2.35. The molecular weight excluding hydrogens is 386 g/mol. The lowest BCUT2D eigenvalue weighted by Crippen LogP contribution is -2.50. The summed E-state index contributed by atoms with van der Waals surface area (Å²) >= 11 is 0. The zero-order valence-electron chi connectivity index (χ0n) is 16.4. The third kappa shape index (κ3) is 5.35. The molecule has 1 aliphatic heterocycles. The van der Waals surface area contributed by atoms with E-state index in [0.29, 0.717) is 37.3 Å². The quantitative estimate of drug-likeness (QED) is 0.643. The van der Waals surface area contributed by atoms with Gasteiger partial charge in [0.1, 0.15) is 0 Å². The molecule has 1 aliphatic rings. The highest BCUT2D eigenvalue weighted by Gasteiger charge is 2.32. The fourth-order valence-corrected chi connectivity index (χ4v) is 4.65. The van der Waals surface area contributed by atoms with E-state index in [-0.39, 0.29) is 17.9 Å². The van der Waals surface area contributed by atoms with Crippen molar-refractivity contribution in [2.45, 2.75) is 26.2 Å². The largest absolute Gasteiger partial charge is 0.493 e. The van der Waals surface area contributed by atoms with Crippen molar-refractivity contribution in [2.75, 3.05) is 33.1 Å². The van der Waals surface area contributed by atoms with E-state index < -0.39 is 27.8 Å². The van der Waals surface area contributed by atoms with Crippen molar-refractivity contribution in [2.24, 2.45) is 5.92 Å². The van der Waals surface area contributed by atoms with Gasteiger partial charge in [-0.3, -0.25) is 20.4 Å². The minimum absolute atomic E-state index is 0.0668. The average molecular weight is 413 g/mol. The van der Waals surface area contributed by atoms with Gasteiger partial charge in [0.05, 0.1) is 25.9 Å². The molecule has 1 fully saturated rings. The summed E-state index contributed by atoms with van der Waals surface area (Å²) < 4.78 is 36.1. The highest BCUT2D eigenvalue weighted by atomic mass is 32.2. The molecule has 1 saturated heterocycles. The minimum Gasteiger partial charge on any atom is -0.493 e. The summed E-state index contributed by atoms with van der Waals surface area (Å²) in [5, 5.41) is 0. The van der Waals surface area contributed by atoms with Crippen LogP contribution in [0.5, 0.6) is 11.5 Å². The maximum absolute atomic E-state index is 12.4. The van der Waals surface area contributed by atoms with Crippen LogP contribution >= 0.6 is 0 Å². The van der Waals surface area contributed by atoms with Gasteiger partial charge in [-0.25, -0.2) is 12.7 Å². The third-order valence-electron chi connectivity index (χ3n) is 4.56. The molecule has 28 heavy (non-hydrogen) atoms. The highest BCUT2D eigenvalue weighted by Crippen LogP contribution is 2.27. The van der Waals surface area contributed by atoms with Crippen LogP contribution in [-0.4, -0.2) is 57.6 Å². The van der Waals surface area contributed by atoms with Gasteiger partial charge in [-0.15, -0.1) is 0 Å². The topological polar surface area (TPSA) is 114 Å². The van der Waals surface area contributed by atoms with Crippen molar-refractivity contribution in [3.05, 3.63) is 23.8 Å². The van der Waals surface area contributed by atoms with Crippen LogP contribution in [0.15, 0.2) is 18.2 Å². The number of hydrogen-bond acceptors (Lipinski definition) is 6. The molecule has 10 heteroatoms. The van der Waals surface area contributed by atoms with Crippen LogP contribution in [0.25, 0.3) is 0 Å². The van der Waals surface area contributed by atoms with Gasteiger partial charge in [0.15, 0.2) is 11.5 Å². The first-order valence-electron chi connectivity index (χ1n) is 9.12. The maximum Gasteiger partial charge on any atom is 0.269 e. The fourth-order valence-electron chi connectivity index (χ4n) is 3.07. The molecule has 9 nitrogen and oxygen atoms in total. The van der Waals surface area contributed by atoms with E-state index in [9.17, 15) is 18.0 Å². The molecule has 0 bridgehead atoms. The summed E-state index contributed by atoms with van der Waals surface area (Å²) in [6.07, 6.45) is 1.69.